The average Bonchev–Trinajstić information content (AvgIpc) is 2.46. The number of nitrogens with two attached hydrogens (primary N) is 1. The summed E-state index contributed by atoms with van der Waals surface area (Å²) in [5.74, 6) is 0.455. The highest BCUT2D eigenvalue weighted by Crippen LogP contribution is 2.24. The zero-order chi connectivity index (χ0) is 15.2. The van der Waals surface area contributed by atoms with Crippen molar-refractivity contribution in [3.8, 4) is 16.9 Å². The molecule has 0 aliphatic carbocycles. The van der Waals surface area contributed by atoms with Crippen LogP contribution in [0.3, 0.4) is 0 Å². The van der Waals surface area contributed by atoms with E-state index >= 15 is 0 Å². The number of carbonyl (C=O) groups excluding carboxylic acids is 1. The average molecular weight is 303 g/mol. The molecule has 2 aromatic carbocycles. The first kappa shape index (κ1) is 15.3. The van der Waals surface area contributed by atoms with Gasteiger partial charge in [-0.25, -0.2) is 0 Å². The van der Waals surface area contributed by atoms with Crippen molar-refractivity contribution in [3.05, 3.63) is 54.1 Å². The van der Waals surface area contributed by atoms with Crippen molar-refractivity contribution in [3.63, 3.8) is 0 Å². The normalized spacial score (nSPS) is 11.9. The van der Waals surface area contributed by atoms with Crippen LogP contribution in [0.1, 0.15) is 5.56 Å². The first-order chi connectivity index (χ1) is 10.1. The minimum atomic E-state index is -1.27. The van der Waals surface area contributed by atoms with Crippen LogP contribution in [-0.2, 0) is 21.3 Å². The van der Waals surface area contributed by atoms with E-state index in [-0.39, 0.29) is 5.75 Å². The molecule has 1 atom stereocenters. The molecule has 2 rings (SSSR count). The van der Waals surface area contributed by atoms with E-state index in [1.165, 1.54) is 0 Å². The summed E-state index contributed by atoms with van der Waals surface area (Å²) in [6.45, 7) is 0. The van der Waals surface area contributed by atoms with E-state index in [1.807, 2.05) is 48.5 Å². The van der Waals surface area contributed by atoms with Gasteiger partial charge in [0.2, 0.25) is 5.91 Å². The Labute approximate surface area is 126 Å². The highest BCUT2D eigenvalue weighted by molar-refractivity contribution is 7.84. The maximum atomic E-state index is 11.8. The molecule has 0 spiro atoms. The molecule has 1 unspecified atom stereocenters. The second-order valence-corrected chi connectivity index (χ2v) is 6.08. The molecule has 0 radical (unpaired) electrons. The Balaban J connectivity index is 2.20. The van der Waals surface area contributed by atoms with Crippen LogP contribution < -0.4 is 10.5 Å². The fourth-order valence-electron chi connectivity index (χ4n) is 2.04. The highest BCUT2D eigenvalue weighted by Gasteiger charge is 2.07. The van der Waals surface area contributed by atoms with Gasteiger partial charge < -0.3 is 10.5 Å². The molecule has 2 aromatic rings. The van der Waals surface area contributed by atoms with E-state index in [9.17, 15) is 9.00 Å². The predicted octanol–water partition coefficient (Wildman–Crippen LogP) is 2.10. The van der Waals surface area contributed by atoms with Crippen molar-refractivity contribution in [2.24, 2.45) is 5.73 Å². The minimum absolute atomic E-state index is 0.108. The summed E-state index contributed by atoms with van der Waals surface area (Å²) in [5.41, 5.74) is 8.01. The fraction of sp³-hybridized carbons (Fsp3) is 0.188. The Bertz CT molecular complexity index is 670. The maximum Gasteiger partial charge on any atom is 0.230 e. The third kappa shape index (κ3) is 4.43. The second-order valence-electron chi connectivity index (χ2n) is 4.63. The second kappa shape index (κ2) is 7.04. The van der Waals surface area contributed by atoms with Gasteiger partial charge in [-0.15, -0.1) is 0 Å². The molecular weight excluding hydrogens is 286 g/mol. The Kier molecular flexibility index (Phi) is 5.11. The first-order valence-corrected chi connectivity index (χ1v) is 7.94. The van der Waals surface area contributed by atoms with E-state index in [0.29, 0.717) is 5.75 Å². The molecule has 0 saturated carbocycles. The van der Waals surface area contributed by atoms with Crippen molar-refractivity contribution in [1.29, 1.82) is 0 Å². The molecule has 110 valence electrons. The summed E-state index contributed by atoms with van der Waals surface area (Å²) in [6.07, 6.45) is 0. The number of carbonyl (C=O) groups is 1. The molecule has 21 heavy (non-hydrogen) atoms. The van der Waals surface area contributed by atoms with Gasteiger partial charge in [0.15, 0.2) is 0 Å². The zero-order valence-corrected chi connectivity index (χ0v) is 12.6. The minimum Gasteiger partial charge on any atom is -0.497 e. The van der Waals surface area contributed by atoms with E-state index in [0.717, 1.165) is 22.4 Å². The van der Waals surface area contributed by atoms with Gasteiger partial charge in [0.25, 0.3) is 0 Å². The molecule has 5 heteroatoms. The number of amides is 1. The topological polar surface area (TPSA) is 69.4 Å². The lowest BCUT2D eigenvalue weighted by Gasteiger charge is -2.07. The lowest BCUT2D eigenvalue weighted by Crippen LogP contribution is -2.20. The molecule has 0 aliphatic rings. The monoisotopic (exact) mass is 303 g/mol. The lowest BCUT2D eigenvalue weighted by atomic mass is 10.0. The van der Waals surface area contributed by atoms with E-state index in [4.69, 9.17) is 10.5 Å². The highest BCUT2D eigenvalue weighted by atomic mass is 32.2. The van der Waals surface area contributed by atoms with Crippen LogP contribution in [-0.4, -0.2) is 23.0 Å². The summed E-state index contributed by atoms with van der Waals surface area (Å²) in [5, 5.41) is 0. The molecule has 0 heterocycles. The van der Waals surface area contributed by atoms with E-state index < -0.39 is 16.7 Å². The van der Waals surface area contributed by atoms with Crippen molar-refractivity contribution < 1.29 is 13.7 Å². The van der Waals surface area contributed by atoms with Crippen LogP contribution >= 0.6 is 0 Å². The van der Waals surface area contributed by atoms with Crippen LogP contribution in [0.2, 0.25) is 0 Å². The summed E-state index contributed by atoms with van der Waals surface area (Å²) in [4.78, 5) is 10.8. The van der Waals surface area contributed by atoms with Gasteiger partial charge >= 0.3 is 0 Å². The predicted molar refractivity (Wildman–Crippen MR) is 84.3 cm³/mol. The zero-order valence-electron chi connectivity index (χ0n) is 11.7. The number of rotatable bonds is 6. The third-order valence-electron chi connectivity index (χ3n) is 2.96. The van der Waals surface area contributed by atoms with Crippen molar-refractivity contribution >= 4 is 16.7 Å². The number of hydrogen-bond acceptors (Lipinski definition) is 3. The largest absolute Gasteiger partial charge is 0.497 e. The molecule has 2 N–H and O–H groups in total. The van der Waals surface area contributed by atoms with E-state index in [2.05, 4.69) is 0 Å². The summed E-state index contributed by atoms with van der Waals surface area (Å²) in [6, 6.07) is 15.5. The molecule has 0 fully saturated rings. The maximum absolute atomic E-state index is 11.8. The molecule has 0 aliphatic heterocycles. The van der Waals surface area contributed by atoms with Crippen LogP contribution in [0.15, 0.2) is 48.5 Å². The quantitative estimate of drug-likeness (QED) is 0.888. The number of ether oxygens (including phenoxy) is 1. The van der Waals surface area contributed by atoms with Crippen molar-refractivity contribution in [1.82, 2.24) is 0 Å². The van der Waals surface area contributed by atoms with Crippen molar-refractivity contribution in [2.45, 2.75) is 5.75 Å². The Morgan fingerprint density at radius 3 is 2.48 bits per heavy atom. The number of methoxy groups -OCH3 is 1. The number of benzene rings is 2. The Morgan fingerprint density at radius 1 is 1.14 bits per heavy atom. The fourth-order valence-corrected chi connectivity index (χ4v) is 3.01. The van der Waals surface area contributed by atoms with Crippen molar-refractivity contribution in [2.75, 3.05) is 12.9 Å². The Morgan fingerprint density at radius 2 is 1.81 bits per heavy atom. The summed E-state index contributed by atoms with van der Waals surface area (Å²) < 4.78 is 17.0. The number of hydrogen-bond donors (Lipinski definition) is 1. The lowest BCUT2D eigenvalue weighted by molar-refractivity contribution is -0.115. The van der Waals surface area contributed by atoms with Crippen LogP contribution in [0.5, 0.6) is 5.75 Å². The van der Waals surface area contributed by atoms with Gasteiger partial charge in [-0.3, -0.25) is 9.00 Å². The van der Waals surface area contributed by atoms with E-state index in [1.54, 1.807) is 7.11 Å². The first-order valence-electron chi connectivity index (χ1n) is 6.45. The summed E-state index contributed by atoms with van der Waals surface area (Å²) in [7, 11) is 0.356. The summed E-state index contributed by atoms with van der Waals surface area (Å²) >= 11 is 0. The van der Waals surface area contributed by atoms with Crippen LogP contribution in [0, 0.1) is 0 Å². The molecule has 1 amide bonds. The van der Waals surface area contributed by atoms with Crippen LogP contribution in [0.4, 0.5) is 0 Å². The number of primary amides is 1. The van der Waals surface area contributed by atoms with Gasteiger partial charge in [0.05, 0.1) is 7.11 Å². The van der Waals surface area contributed by atoms with Gasteiger partial charge in [-0.1, -0.05) is 36.4 Å². The third-order valence-corrected chi connectivity index (χ3v) is 4.22. The smallest absolute Gasteiger partial charge is 0.230 e. The molecule has 0 aromatic heterocycles. The van der Waals surface area contributed by atoms with Gasteiger partial charge in [0.1, 0.15) is 11.5 Å². The Hall–Kier alpha value is -2.14. The van der Waals surface area contributed by atoms with Crippen LogP contribution in [0.25, 0.3) is 11.1 Å². The van der Waals surface area contributed by atoms with Gasteiger partial charge in [-0.2, -0.15) is 0 Å². The standard InChI is InChI=1S/C16H17NO3S/c1-20-15-7-3-6-14(9-15)13-5-2-4-12(8-13)10-21(19)11-16(17)18/h2-9H,10-11H2,1H3,(H2,17,18). The molecular formula is C16H17NO3S. The SMILES string of the molecule is COc1cccc(-c2cccc(CS(=O)CC(N)=O)c2)c1. The molecule has 4 nitrogen and oxygen atoms in total. The molecule has 0 bridgehead atoms. The molecule has 0 saturated heterocycles. The van der Waals surface area contributed by atoms with Gasteiger partial charge in [-0.05, 0) is 28.8 Å². The van der Waals surface area contributed by atoms with Gasteiger partial charge in [0, 0.05) is 16.6 Å².